The molecule has 48 heavy (non-hydrogen) atoms. The summed E-state index contributed by atoms with van der Waals surface area (Å²) in [4.78, 5) is 22.4. The van der Waals surface area contributed by atoms with Gasteiger partial charge in [-0.05, 0) is 70.6 Å². The summed E-state index contributed by atoms with van der Waals surface area (Å²) >= 11 is 0. The largest absolute Gasteiger partial charge is 0.472 e. The number of allylic oxidation sites excluding steroid dienone is 10. The van der Waals surface area contributed by atoms with E-state index in [2.05, 4.69) is 74.6 Å². The van der Waals surface area contributed by atoms with E-state index in [-0.39, 0.29) is 13.0 Å². The molecule has 0 aromatic heterocycles. The van der Waals surface area contributed by atoms with Crippen LogP contribution in [0.25, 0.3) is 0 Å². The fourth-order valence-electron chi connectivity index (χ4n) is 4.40. The lowest BCUT2D eigenvalue weighted by molar-refractivity contribution is -0.154. The molecule has 0 aliphatic rings. The van der Waals surface area contributed by atoms with Crippen molar-refractivity contribution in [2.24, 2.45) is 0 Å². The van der Waals surface area contributed by atoms with Crippen molar-refractivity contribution >= 4 is 13.8 Å². The molecule has 0 saturated carbocycles. The van der Waals surface area contributed by atoms with E-state index in [1.807, 2.05) is 0 Å². The van der Waals surface area contributed by atoms with E-state index in [9.17, 15) is 19.4 Å². The second kappa shape index (κ2) is 35.0. The molecule has 0 fully saturated rings. The van der Waals surface area contributed by atoms with Gasteiger partial charge in [0.25, 0.3) is 0 Å². The minimum Gasteiger partial charge on any atom is -0.457 e. The van der Waals surface area contributed by atoms with Crippen molar-refractivity contribution in [2.75, 3.05) is 33.0 Å². The number of carbonyl (C=O) groups excluding carboxylic acids is 1. The van der Waals surface area contributed by atoms with Crippen molar-refractivity contribution in [1.82, 2.24) is 0 Å². The molecule has 10 heteroatoms. The van der Waals surface area contributed by atoms with Crippen LogP contribution < -0.4 is 0 Å². The lowest BCUT2D eigenvalue weighted by atomic mass is 10.1. The molecule has 9 nitrogen and oxygen atoms in total. The summed E-state index contributed by atoms with van der Waals surface area (Å²) in [5, 5.41) is 18.3. The molecule has 0 bridgehead atoms. The maximum Gasteiger partial charge on any atom is 0.472 e. The highest BCUT2D eigenvalue weighted by Gasteiger charge is 2.26. The number of hydrogen-bond acceptors (Lipinski definition) is 8. The van der Waals surface area contributed by atoms with E-state index in [0.29, 0.717) is 13.0 Å². The number of rotatable bonds is 34. The summed E-state index contributed by atoms with van der Waals surface area (Å²) in [6, 6.07) is 0. The van der Waals surface area contributed by atoms with Crippen LogP contribution in [0.15, 0.2) is 60.8 Å². The van der Waals surface area contributed by atoms with Crippen LogP contribution in [0.2, 0.25) is 0 Å². The van der Waals surface area contributed by atoms with Crippen LogP contribution in [-0.4, -0.2) is 66.3 Å². The first-order chi connectivity index (χ1) is 23.3. The standard InChI is InChI=1S/C38H67O9P/c1-3-5-7-9-11-13-15-17-19-21-23-25-27-29-31-44-34-37(35-46-48(42,43)45-33-36(40)32-39)47-38(41)30-28-26-24-22-20-18-16-14-12-10-8-6-4-2/h6-9,12-15,18,20,36-37,39-40H,3-5,10-11,16-17,19,21-35H2,1-2H3,(H,42,43)/b8-6-,9-7-,14-12-,15-13-,20-18-. The van der Waals surface area contributed by atoms with Crippen molar-refractivity contribution in [2.45, 2.75) is 142 Å². The van der Waals surface area contributed by atoms with Crippen LogP contribution in [0.3, 0.4) is 0 Å². The van der Waals surface area contributed by atoms with Crippen molar-refractivity contribution < 1.29 is 43.0 Å². The van der Waals surface area contributed by atoms with E-state index in [4.69, 9.17) is 23.6 Å². The molecule has 0 saturated heterocycles. The lowest BCUT2D eigenvalue weighted by Crippen LogP contribution is -2.29. The second-order valence-electron chi connectivity index (χ2n) is 11.9. The minimum absolute atomic E-state index is 0.0269. The molecule has 0 heterocycles. The smallest absolute Gasteiger partial charge is 0.457 e. The first-order valence-corrected chi connectivity index (χ1v) is 19.8. The van der Waals surface area contributed by atoms with Crippen molar-refractivity contribution in [3.63, 3.8) is 0 Å². The van der Waals surface area contributed by atoms with E-state index in [1.54, 1.807) is 0 Å². The third-order valence-electron chi connectivity index (χ3n) is 7.17. The van der Waals surface area contributed by atoms with Gasteiger partial charge in [-0.2, -0.15) is 0 Å². The molecule has 0 aromatic rings. The number of phosphoric ester groups is 1. The molecule has 0 rings (SSSR count). The summed E-state index contributed by atoms with van der Waals surface area (Å²) in [5.41, 5.74) is 0. The maximum atomic E-state index is 12.5. The summed E-state index contributed by atoms with van der Waals surface area (Å²) in [6.45, 7) is 3.24. The van der Waals surface area contributed by atoms with E-state index in [0.717, 1.165) is 77.0 Å². The van der Waals surface area contributed by atoms with Crippen molar-refractivity contribution in [3.05, 3.63) is 60.8 Å². The van der Waals surface area contributed by atoms with Gasteiger partial charge >= 0.3 is 13.8 Å². The number of ether oxygens (including phenoxy) is 2. The normalized spacial score (nSPS) is 15.0. The highest BCUT2D eigenvalue weighted by molar-refractivity contribution is 7.47. The number of carbonyl (C=O) groups is 1. The molecule has 0 amide bonds. The Labute approximate surface area is 291 Å². The molecule has 3 unspecified atom stereocenters. The third-order valence-corrected chi connectivity index (χ3v) is 8.12. The Kier molecular flexibility index (Phi) is 33.7. The van der Waals surface area contributed by atoms with Gasteiger partial charge in [0.05, 0.1) is 26.4 Å². The van der Waals surface area contributed by atoms with Gasteiger partial charge in [0.2, 0.25) is 0 Å². The molecular formula is C38H67O9P. The first kappa shape index (κ1) is 46.2. The number of aliphatic hydroxyl groups is 2. The first-order valence-electron chi connectivity index (χ1n) is 18.3. The summed E-state index contributed by atoms with van der Waals surface area (Å²) in [6.07, 6.45) is 37.5. The average molecular weight is 699 g/mol. The SMILES string of the molecule is CC/C=C\C/C=C\C/C=C\CCCCCC(=O)OC(COCCCCCCCC/C=C\C/C=C\CCC)COP(=O)(O)OCC(O)CO. The minimum atomic E-state index is -4.52. The third kappa shape index (κ3) is 34.0. The topological polar surface area (TPSA) is 132 Å². The molecule has 278 valence electrons. The molecule has 3 N–H and O–H groups in total. The van der Waals surface area contributed by atoms with Gasteiger partial charge in [0.1, 0.15) is 12.2 Å². The highest BCUT2D eigenvalue weighted by atomic mass is 31.2. The Bertz CT molecular complexity index is 929. The van der Waals surface area contributed by atoms with Gasteiger partial charge < -0.3 is 24.6 Å². The van der Waals surface area contributed by atoms with Gasteiger partial charge in [-0.1, -0.05) is 113 Å². The fourth-order valence-corrected chi connectivity index (χ4v) is 5.19. The van der Waals surface area contributed by atoms with Gasteiger partial charge in [-0.3, -0.25) is 13.8 Å². The number of hydrogen-bond donors (Lipinski definition) is 3. The van der Waals surface area contributed by atoms with Crippen LogP contribution >= 0.6 is 7.82 Å². The average Bonchev–Trinajstić information content (AvgIpc) is 3.07. The van der Waals surface area contributed by atoms with Crippen molar-refractivity contribution in [3.8, 4) is 0 Å². The summed E-state index contributed by atoms with van der Waals surface area (Å²) in [7, 11) is -4.52. The van der Waals surface area contributed by atoms with Crippen LogP contribution in [0, 0.1) is 0 Å². The highest BCUT2D eigenvalue weighted by Crippen LogP contribution is 2.43. The number of esters is 1. The number of unbranched alkanes of at least 4 members (excludes halogenated alkanes) is 10. The molecule has 3 atom stereocenters. The Morgan fingerprint density at radius 2 is 1.19 bits per heavy atom. The van der Waals surface area contributed by atoms with Crippen molar-refractivity contribution in [1.29, 1.82) is 0 Å². The van der Waals surface area contributed by atoms with Gasteiger partial charge in [-0.15, -0.1) is 0 Å². The monoisotopic (exact) mass is 698 g/mol. The van der Waals surface area contributed by atoms with Crippen LogP contribution in [0.4, 0.5) is 0 Å². The zero-order valence-electron chi connectivity index (χ0n) is 29.9. The molecule has 0 radical (unpaired) electrons. The summed E-state index contributed by atoms with van der Waals surface area (Å²) in [5.74, 6) is -0.419. The quantitative estimate of drug-likeness (QED) is 0.0260. The van der Waals surface area contributed by atoms with Crippen LogP contribution in [0.1, 0.15) is 129 Å². The number of phosphoric acid groups is 1. The summed E-state index contributed by atoms with van der Waals surface area (Å²) < 4.78 is 33.1. The van der Waals surface area contributed by atoms with E-state index >= 15 is 0 Å². The molecular weight excluding hydrogens is 631 g/mol. The van der Waals surface area contributed by atoms with Gasteiger partial charge in [0.15, 0.2) is 0 Å². The van der Waals surface area contributed by atoms with Crippen LogP contribution in [0.5, 0.6) is 0 Å². The Morgan fingerprint density at radius 1 is 0.667 bits per heavy atom. The van der Waals surface area contributed by atoms with Gasteiger partial charge in [-0.25, -0.2) is 4.57 Å². The lowest BCUT2D eigenvalue weighted by Gasteiger charge is -2.20. The van der Waals surface area contributed by atoms with E-state index in [1.165, 1.54) is 25.7 Å². The Morgan fingerprint density at radius 3 is 1.79 bits per heavy atom. The van der Waals surface area contributed by atoms with Crippen LogP contribution in [-0.2, 0) is 27.9 Å². The zero-order chi connectivity index (χ0) is 35.4. The molecule has 0 aliphatic heterocycles. The predicted octanol–water partition coefficient (Wildman–Crippen LogP) is 9.24. The molecule has 0 spiro atoms. The fraction of sp³-hybridized carbons (Fsp3) is 0.711. The molecule has 0 aliphatic carbocycles. The zero-order valence-corrected chi connectivity index (χ0v) is 30.8. The molecule has 0 aromatic carbocycles. The second-order valence-corrected chi connectivity index (χ2v) is 13.3. The maximum absolute atomic E-state index is 12.5. The number of aliphatic hydroxyl groups excluding tert-OH is 2. The predicted molar refractivity (Wildman–Crippen MR) is 196 cm³/mol. The Balaban J connectivity index is 4.34. The Hall–Kier alpha value is -1.84. The van der Waals surface area contributed by atoms with Gasteiger partial charge in [0, 0.05) is 13.0 Å². The van der Waals surface area contributed by atoms with E-state index < -0.39 is 45.8 Å².